The molecule has 0 aromatic heterocycles. The van der Waals surface area contributed by atoms with Gasteiger partial charge in [-0.1, -0.05) is 36.8 Å². The van der Waals surface area contributed by atoms with Crippen LogP contribution in [0.2, 0.25) is 0 Å². The lowest BCUT2D eigenvalue weighted by molar-refractivity contribution is -0.163. The minimum Gasteiger partial charge on any atom is -0.460 e. The molecule has 4 aliphatic rings. The maximum Gasteiger partial charge on any atom is 0.314 e. The SMILES string of the molecule is O=C(OC1CN2CCC1CC2)C(c1ccccc1)C1CCCC1O. The number of ether oxygens (including phenoxy) is 1. The number of hydrogen-bond donors (Lipinski definition) is 1. The van der Waals surface area contributed by atoms with Crippen LogP contribution in [0.25, 0.3) is 0 Å². The number of carbonyl (C=O) groups is 1. The summed E-state index contributed by atoms with van der Waals surface area (Å²) in [4.78, 5) is 15.5. The molecule has 3 saturated heterocycles. The molecule has 4 heteroatoms. The zero-order valence-electron chi connectivity index (χ0n) is 14.1. The topological polar surface area (TPSA) is 49.8 Å². The number of carbonyl (C=O) groups excluding carboxylic acids is 1. The minimum atomic E-state index is -0.394. The van der Waals surface area contributed by atoms with Gasteiger partial charge in [0.1, 0.15) is 6.10 Å². The molecule has 0 radical (unpaired) electrons. The normalized spacial score (nSPS) is 36.5. The summed E-state index contributed by atoms with van der Waals surface area (Å²) in [5.41, 5.74) is 0.981. The van der Waals surface area contributed by atoms with Crippen molar-refractivity contribution in [1.29, 1.82) is 0 Å². The molecule has 5 rings (SSSR count). The van der Waals surface area contributed by atoms with Crippen LogP contribution in [0.3, 0.4) is 0 Å². The number of piperidine rings is 3. The Balaban J connectivity index is 1.53. The van der Waals surface area contributed by atoms with Gasteiger partial charge in [-0.05, 0) is 50.3 Å². The second kappa shape index (κ2) is 6.85. The molecule has 130 valence electrons. The quantitative estimate of drug-likeness (QED) is 0.863. The highest BCUT2D eigenvalue weighted by Gasteiger charge is 2.42. The number of aliphatic hydroxyl groups is 1. The van der Waals surface area contributed by atoms with E-state index < -0.39 is 6.10 Å². The van der Waals surface area contributed by atoms with Crippen molar-refractivity contribution in [2.24, 2.45) is 11.8 Å². The van der Waals surface area contributed by atoms with Crippen LogP contribution in [0, 0.1) is 11.8 Å². The number of hydrogen-bond acceptors (Lipinski definition) is 4. The summed E-state index contributed by atoms with van der Waals surface area (Å²) in [5.74, 6) is 0.0370. The van der Waals surface area contributed by atoms with E-state index in [0.717, 1.165) is 57.3 Å². The molecule has 3 heterocycles. The van der Waals surface area contributed by atoms with E-state index in [1.807, 2.05) is 30.3 Å². The molecule has 1 aromatic carbocycles. The third kappa shape index (κ3) is 3.09. The van der Waals surface area contributed by atoms with Gasteiger partial charge in [0.25, 0.3) is 0 Å². The maximum absolute atomic E-state index is 13.1. The summed E-state index contributed by atoms with van der Waals surface area (Å²) < 4.78 is 6.01. The van der Waals surface area contributed by atoms with Crippen LogP contribution in [0.1, 0.15) is 43.6 Å². The molecule has 4 nitrogen and oxygen atoms in total. The lowest BCUT2D eigenvalue weighted by Gasteiger charge is -2.44. The summed E-state index contributed by atoms with van der Waals surface area (Å²) >= 11 is 0. The molecular weight excluding hydrogens is 302 g/mol. The number of fused-ring (bicyclic) bond motifs is 3. The number of esters is 1. The second-order valence-corrected chi connectivity index (χ2v) is 7.66. The first-order chi connectivity index (χ1) is 11.7. The summed E-state index contributed by atoms with van der Waals surface area (Å²) in [5, 5.41) is 10.4. The highest BCUT2D eigenvalue weighted by Crippen LogP contribution is 2.39. The van der Waals surface area contributed by atoms with E-state index in [2.05, 4.69) is 4.90 Å². The Morgan fingerprint density at radius 3 is 2.46 bits per heavy atom. The molecule has 1 saturated carbocycles. The molecule has 2 bridgehead atoms. The molecule has 1 aromatic rings. The van der Waals surface area contributed by atoms with E-state index in [9.17, 15) is 9.90 Å². The Morgan fingerprint density at radius 1 is 1.12 bits per heavy atom. The Kier molecular flexibility index (Phi) is 4.59. The minimum absolute atomic E-state index is 0.0130. The molecule has 0 amide bonds. The van der Waals surface area contributed by atoms with Crippen molar-refractivity contribution in [1.82, 2.24) is 4.90 Å². The molecule has 0 spiro atoms. The largest absolute Gasteiger partial charge is 0.460 e. The highest BCUT2D eigenvalue weighted by atomic mass is 16.5. The lowest BCUT2D eigenvalue weighted by Crippen LogP contribution is -2.52. The number of aliphatic hydroxyl groups excluding tert-OH is 1. The first-order valence-electron chi connectivity index (χ1n) is 9.38. The first kappa shape index (κ1) is 16.1. The summed E-state index contributed by atoms with van der Waals surface area (Å²) in [6.07, 6.45) is 4.60. The molecule has 4 atom stereocenters. The van der Waals surface area contributed by atoms with E-state index >= 15 is 0 Å². The molecule has 4 unspecified atom stereocenters. The highest BCUT2D eigenvalue weighted by molar-refractivity contribution is 5.79. The zero-order valence-corrected chi connectivity index (χ0v) is 14.1. The lowest BCUT2D eigenvalue weighted by atomic mass is 9.82. The van der Waals surface area contributed by atoms with E-state index in [4.69, 9.17) is 4.74 Å². The fraction of sp³-hybridized carbons (Fsp3) is 0.650. The summed E-state index contributed by atoms with van der Waals surface area (Å²) in [6, 6.07) is 9.88. The van der Waals surface area contributed by atoms with E-state index in [1.165, 1.54) is 0 Å². The van der Waals surface area contributed by atoms with E-state index in [-0.39, 0.29) is 23.9 Å². The van der Waals surface area contributed by atoms with Gasteiger partial charge in [0.15, 0.2) is 0 Å². The van der Waals surface area contributed by atoms with Crippen molar-refractivity contribution >= 4 is 5.97 Å². The fourth-order valence-electron chi connectivity index (χ4n) is 4.84. The van der Waals surface area contributed by atoms with Gasteiger partial charge in [-0.2, -0.15) is 0 Å². The second-order valence-electron chi connectivity index (χ2n) is 7.66. The predicted octanol–water partition coefficient (Wildman–Crippen LogP) is 2.57. The smallest absolute Gasteiger partial charge is 0.314 e. The Labute approximate surface area is 143 Å². The van der Waals surface area contributed by atoms with Crippen molar-refractivity contribution in [3.8, 4) is 0 Å². The van der Waals surface area contributed by atoms with Crippen LogP contribution in [-0.2, 0) is 9.53 Å². The Morgan fingerprint density at radius 2 is 1.88 bits per heavy atom. The summed E-state index contributed by atoms with van der Waals surface area (Å²) in [6.45, 7) is 3.16. The number of benzene rings is 1. The van der Waals surface area contributed by atoms with Crippen molar-refractivity contribution in [3.63, 3.8) is 0 Å². The van der Waals surface area contributed by atoms with Gasteiger partial charge in [-0.15, -0.1) is 0 Å². The number of rotatable bonds is 4. The van der Waals surface area contributed by atoms with Crippen LogP contribution < -0.4 is 0 Å². The van der Waals surface area contributed by atoms with Gasteiger partial charge in [-0.3, -0.25) is 9.69 Å². The van der Waals surface area contributed by atoms with Gasteiger partial charge >= 0.3 is 5.97 Å². The zero-order chi connectivity index (χ0) is 16.5. The molecular formula is C20H27NO3. The van der Waals surface area contributed by atoms with Crippen LogP contribution in [0.5, 0.6) is 0 Å². The van der Waals surface area contributed by atoms with Gasteiger partial charge in [0.2, 0.25) is 0 Å². The summed E-state index contributed by atoms with van der Waals surface area (Å²) in [7, 11) is 0. The average molecular weight is 329 g/mol. The van der Waals surface area contributed by atoms with Crippen LogP contribution in [0.4, 0.5) is 0 Å². The predicted molar refractivity (Wildman–Crippen MR) is 91.6 cm³/mol. The van der Waals surface area contributed by atoms with Gasteiger partial charge < -0.3 is 9.84 Å². The fourth-order valence-corrected chi connectivity index (χ4v) is 4.84. The Bertz CT molecular complexity index is 568. The van der Waals surface area contributed by atoms with Crippen molar-refractivity contribution in [3.05, 3.63) is 35.9 Å². The van der Waals surface area contributed by atoms with Gasteiger partial charge in [0.05, 0.1) is 12.0 Å². The van der Waals surface area contributed by atoms with Gasteiger partial charge in [-0.25, -0.2) is 0 Å². The molecule has 3 aliphatic heterocycles. The van der Waals surface area contributed by atoms with Crippen LogP contribution >= 0.6 is 0 Å². The van der Waals surface area contributed by atoms with Crippen molar-refractivity contribution < 1.29 is 14.6 Å². The third-order valence-corrected chi connectivity index (χ3v) is 6.24. The van der Waals surface area contributed by atoms with Crippen molar-refractivity contribution in [2.75, 3.05) is 19.6 Å². The maximum atomic E-state index is 13.1. The third-order valence-electron chi connectivity index (χ3n) is 6.24. The monoisotopic (exact) mass is 329 g/mol. The molecule has 24 heavy (non-hydrogen) atoms. The van der Waals surface area contributed by atoms with Gasteiger partial charge in [0, 0.05) is 12.5 Å². The van der Waals surface area contributed by atoms with Crippen LogP contribution in [0.15, 0.2) is 30.3 Å². The number of nitrogens with zero attached hydrogens (tertiary/aromatic N) is 1. The average Bonchev–Trinajstić information content (AvgIpc) is 3.03. The molecule has 4 fully saturated rings. The van der Waals surface area contributed by atoms with Crippen LogP contribution in [-0.4, -0.2) is 47.8 Å². The standard InChI is InChI=1S/C20H27NO3/c22-17-8-4-7-16(17)19(15-5-2-1-3-6-15)20(23)24-18-13-21-11-9-14(18)10-12-21/h1-3,5-6,14,16-19,22H,4,7-13H2. The molecule has 1 aliphatic carbocycles. The first-order valence-corrected chi connectivity index (χ1v) is 9.38. The van der Waals surface area contributed by atoms with E-state index in [1.54, 1.807) is 0 Å². The van der Waals surface area contributed by atoms with Crippen molar-refractivity contribution in [2.45, 2.75) is 50.2 Å². The molecule has 1 N–H and O–H groups in total. The Hall–Kier alpha value is -1.39. The van der Waals surface area contributed by atoms with E-state index in [0.29, 0.717) is 5.92 Å².